The van der Waals surface area contributed by atoms with E-state index in [1.54, 1.807) is 35.6 Å². The molecule has 6 heteroatoms. The topological polar surface area (TPSA) is 78.8 Å². The van der Waals surface area contributed by atoms with Gasteiger partial charge in [0.2, 0.25) is 0 Å². The highest BCUT2D eigenvalue weighted by atomic mass is 32.1. The van der Waals surface area contributed by atoms with Crippen LogP contribution in [0, 0.1) is 17.2 Å². The molecule has 2 aromatic heterocycles. The van der Waals surface area contributed by atoms with Crippen molar-refractivity contribution < 1.29 is 4.74 Å². The third kappa shape index (κ3) is 2.99. The molecule has 2 heterocycles. The van der Waals surface area contributed by atoms with E-state index in [9.17, 15) is 4.79 Å². The van der Waals surface area contributed by atoms with Crippen LogP contribution in [0.3, 0.4) is 0 Å². The Morgan fingerprint density at radius 1 is 1.38 bits per heavy atom. The van der Waals surface area contributed by atoms with Gasteiger partial charge in [0.25, 0.3) is 5.56 Å². The van der Waals surface area contributed by atoms with Crippen LogP contribution in [-0.4, -0.2) is 9.97 Å². The molecule has 0 saturated carbocycles. The number of aryl methyl sites for hydroxylation is 1. The van der Waals surface area contributed by atoms with Gasteiger partial charge in [-0.3, -0.25) is 4.79 Å². The molecule has 0 unspecified atom stereocenters. The molecule has 1 aliphatic carbocycles. The number of aromatic amines is 1. The lowest BCUT2D eigenvalue weighted by molar-refractivity contribution is 0.216. The van der Waals surface area contributed by atoms with Crippen molar-refractivity contribution in [2.24, 2.45) is 5.92 Å². The molecular formula is C20H19N3O2S. The number of nitrogens with one attached hydrogen (secondary N) is 1. The molecule has 2 atom stereocenters. The molecule has 5 nitrogen and oxygen atoms in total. The van der Waals surface area contributed by atoms with Gasteiger partial charge in [-0.2, -0.15) is 5.26 Å². The molecule has 1 aromatic carbocycles. The highest BCUT2D eigenvalue weighted by Crippen LogP contribution is 2.36. The van der Waals surface area contributed by atoms with Crippen LogP contribution in [0.15, 0.2) is 29.1 Å². The van der Waals surface area contributed by atoms with Crippen LogP contribution in [0.4, 0.5) is 0 Å². The molecule has 0 amide bonds. The lowest BCUT2D eigenvalue weighted by atomic mass is 9.89. The summed E-state index contributed by atoms with van der Waals surface area (Å²) in [6.07, 6.45) is 2.72. The van der Waals surface area contributed by atoms with Crippen LogP contribution in [-0.2, 0) is 12.8 Å². The standard InChI is InChI=1S/C20H19N3O2S/c1-11-3-8-15-16(9-11)26-20-17(15)19(24)22-18(23-20)12(2)25-14-6-4-13(10-21)5-7-14/h4-7,11-12H,3,8-9H2,1-2H3,(H,22,23,24)/t11-,12+/m1/s1. The molecule has 1 aliphatic rings. The second-order valence-corrected chi connectivity index (χ2v) is 7.96. The van der Waals surface area contributed by atoms with Gasteiger partial charge in [0.05, 0.1) is 17.0 Å². The SMILES string of the molecule is C[C@@H]1CCc2c(sc3nc([C@H](C)Oc4ccc(C#N)cc4)[nH]c(=O)c23)C1. The van der Waals surface area contributed by atoms with Crippen molar-refractivity contribution in [2.45, 2.75) is 39.2 Å². The molecule has 1 N–H and O–H groups in total. The summed E-state index contributed by atoms with van der Waals surface area (Å²) in [4.78, 5) is 22.4. The number of hydrogen-bond acceptors (Lipinski definition) is 5. The number of fused-ring (bicyclic) bond motifs is 3. The molecule has 0 aliphatic heterocycles. The second-order valence-electron chi connectivity index (χ2n) is 6.88. The van der Waals surface area contributed by atoms with Gasteiger partial charge in [0.15, 0.2) is 11.9 Å². The van der Waals surface area contributed by atoms with Crippen LogP contribution >= 0.6 is 11.3 Å². The minimum absolute atomic E-state index is 0.0765. The van der Waals surface area contributed by atoms with Crippen LogP contribution in [0.1, 0.15) is 48.2 Å². The Hall–Kier alpha value is -2.65. The van der Waals surface area contributed by atoms with Crippen molar-refractivity contribution in [3.8, 4) is 11.8 Å². The summed E-state index contributed by atoms with van der Waals surface area (Å²) in [5.74, 6) is 1.82. The predicted molar refractivity (Wildman–Crippen MR) is 102 cm³/mol. The minimum Gasteiger partial charge on any atom is -0.483 e. The van der Waals surface area contributed by atoms with Crippen molar-refractivity contribution in [3.05, 3.63) is 56.4 Å². The van der Waals surface area contributed by atoms with E-state index in [4.69, 9.17) is 10.00 Å². The van der Waals surface area contributed by atoms with Gasteiger partial charge in [0, 0.05) is 4.88 Å². The summed E-state index contributed by atoms with van der Waals surface area (Å²) >= 11 is 1.64. The van der Waals surface area contributed by atoms with Gasteiger partial charge in [0.1, 0.15) is 10.6 Å². The number of thiophene rings is 1. The van der Waals surface area contributed by atoms with E-state index in [1.807, 2.05) is 6.92 Å². The maximum Gasteiger partial charge on any atom is 0.260 e. The Kier molecular flexibility index (Phi) is 4.25. The number of aromatic nitrogens is 2. The normalized spacial score (nSPS) is 17.5. The maximum atomic E-state index is 12.7. The highest BCUT2D eigenvalue weighted by Gasteiger charge is 2.24. The molecule has 0 saturated heterocycles. The summed E-state index contributed by atoms with van der Waals surface area (Å²) in [6, 6.07) is 8.98. The molecule has 132 valence electrons. The van der Waals surface area contributed by atoms with Gasteiger partial charge in [-0.15, -0.1) is 11.3 Å². The zero-order valence-electron chi connectivity index (χ0n) is 14.7. The Bertz CT molecular complexity index is 1060. The molecule has 0 fully saturated rings. The molecule has 3 aromatic rings. The largest absolute Gasteiger partial charge is 0.483 e. The Labute approximate surface area is 155 Å². The predicted octanol–water partition coefficient (Wildman–Crippen LogP) is 4.12. The molecular weight excluding hydrogens is 346 g/mol. The molecule has 0 radical (unpaired) electrons. The fraction of sp³-hybridized carbons (Fsp3) is 0.350. The summed E-state index contributed by atoms with van der Waals surface area (Å²) in [5, 5.41) is 9.62. The smallest absolute Gasteiger partial charge is 0.260 e. The monoisotopic (exact) mass is 365 g/mol. The van der Waals surface area contributed by atoms with Crippen LogP contribution in [0.5, 0.6) is 5.75 Å². The first-order valence-corrected chi connectivity index (χ1v) is 9.58. The van der Waals surface area contributed by atoms with Crippen molar-refractivity contribution in [3.63, 3.8) is 0 Å². The fourth-order valence-corrected chi connectivity index (χ4v) is 4.82. The van der Waals surface area contributed by atoms with Gasteiger partial charge >= 0.3 is 0 Å². The van der Waals surface area contributed by atoms with Crippen molar-refractivity contribution in [2.75, 3.05) is 0 Å². The Balaban J connectivity index is 1.66. The number of nitriles is 1. The van der Waals surface area contributed by atoms with Gasteiger partial charge < -0.3 is 9.72 Å². The number of hydrogen-bond donors (Lipinski definition) is 1. The zero-order chi connectivity index (χ0) is 18.3. The quantitative estimate of drug-likeness (QED) is 0.757. The summed E-state index contributed by atoms with van der Waals surface area (Å²) in [7, 11) is 0. The first-order chi connectivity index (χ1) is 12.5. The molecule has 4 rings (SSSR count). The van der Waals surface area contributed by atoms with Gasteiger partial charge in [-0.1, -0.05) is 6.92 Å². The zero-order valence-corrected chi connectivity index (χ0v) is 15.5. The molecule has 0 spiro atoms. The van der Waals surface area contributed by atoms with Crippen LogP contribution in [0.25, 0.3) is 10.2 Å². The first kappa shape index (κ1) is 16.8. The second kappa shape index (κ2) is 6.58. The van der Waals surface area contributed by atoms with Gasteiger partial charge in [-0.05, 0) is 61.9 Å². The lowest BCUT2D eigenvalue weighted by Crippen LogP contribution is -2.17. The van der Waals surface area contributed by atoms with E-state index >= 15 is 0 Å². The third-order valence-electron chi connectivity index (χ3n) is 4.87. The average Bonchev–Trinajstić information content (AvgIpc) is 3.00. The van der Waals surface area contributed by atoms with E-state index in [0.717, 1.165) is 29.5 Å². The van der Waals surface area contributed by atoms with Crippen molar-refractivity contribution >= 4 is 21.6 Å². The van der Waals surface area contributed by atoms with Gasteiger partial charge in [-0.25, -0.2) is 4.98 Å². The molecule has 0 bridgehead atoms. The van der Waals surface area contributed by atoms with E-state index in [-0.39, 0.29) is 5.56 Å². The fourth-order valence-electron chi connectivity index (χ4n) is 3.43. The molecule has 26 heavy (non-hydrogen) atoms. The number of H-pyrrole nitrogens is 1. The lowest BCUT2D eigenvalue weighted by Gasteiger charge is -2.17. The Morgan fingerprint density at radius 2 is 2.15 bits per heavy atom. The summed E-state index contributed by atoms with van der Waals surface area (Å²) < 4.78 is 5.89. The minimum atomic E-state index is -0.391. The number of ether oxygens (including phenoxy) is 1. The first-order valence-electron chi connectivity index (χ1n) is 8.76. The Morgan fingerprint density at radius 3 is 2.88 bits per heavy atom. The summed E-state index contributed by atoms with van der Waals surface area (Å²) in [5.41, 5.74) is 1.69. The highest BCUT2D eigenvalue weighted by molar-refractivity contribution is 7.18. The van der Waals surface area contributed by atoms with Crippen LogP contribution < -0.4 is 10.3 Å². The van der Waals surface area contributed by atoms with E-state index < -0.39 is 6.10 Å². The number of benzene rings is 1. The van der Waals surface area contributed by atoms with E-state index in [2.05, 4.69) is 23.0 Å². The van der Waals surface area contributed by atoms with Crippen LogP contribution in [0.2, 0.25) is 0 Å². The number of nitrogens with zero attached hydrogens (tertiary/aromatic N) is 2. The van der Waals surface area contributed by atoms with E-state index in [0.29, 0.717) is 23.1 Å². The van der Waals surface area contributed by atoms with Crippen molar-refractivity contribution in [1.29, 1.82) is 5.26 Å². The summed E-state index contributed by atoms with van der Waals surface area (Å²) in [6.45, 7) is 4.11. The maximum absolute atomic E-state index is 12.7. The average molecular weight is 365 g/mol. The number of rotatable bonds is 3. The van der Waals surface area contributed by atoms with E-state index in [1.165, 1.54) is 10.4 Å². The van der Waals surface area contributed by atoms with Crippen molar-refractivity contribution in [1.82, 2.24) is 9.97 Å². The third-order valence-corrected chi connectivity index (χ3v) is 6.01.